The Balaban J connectivity index is 2.27. The standard InChI is InChI=1S/C16H27NO/c1-13(2)9-11-18-12-10-17-16-8-6-5-7-15(16)14(3)4/h5-8,13-14,17H,9-12H2,1-4H3. The van der Waals surface area contributed by atoms with Crippen molar-refractivity contribution in [2.75, 3.05) is 25.1 Å². The van der Waals surface area contributed by atoms with Gasteiger partial charge in [-0.1, -0.05) is 45.9 Å². The van der Waals surface area contributed by atoms with E-state index in [0.717, 1.165) is 32.1 Å². The first kappa shape index (κ1) is 15.0. The average molecular weight is 249 g/mol. The minimum absolute atomic E-state index is 0.551. The lowest BCUT2D eigenvalue weighted by Gasteiger charge is -2.14. The molecule has 18 heavy (non-hydrogen) atoms. The molecule has 0 radical (unpaired) electrons. The smallest absolute Gasteiger partial charge is 0.0639 e. The van der Waals surface area contributed by atoms with E-state index in [9.17, 15) is 0 Å². The predicted molar refractivity (Wildman–Crippen MR) is 79.3 cm³/mol. The summed E-state index contributed by atoms with van der Waals surface area (Å²) in [5.41, 5.74) is 2.61. The van der Waals surface area contributed by atoms with Gasteiger partial charge in [-0.15, -0.1) is 0 Å². The molecule has 0 saturated heterocycles. The average Bonchev–Trinajstić information content (AvgIpc) is 2.33. The molecule has 1 N–H and O–H groups in total. The van der Waals surface area contributed by atoms with Crippen molar-refractivity contribution in [2.24, 2.45) is 5.92 Å². The lowest BCUT2D eigenvalue weighted by molar-refractivity contribution is 0.132. The molecule has 0 amide bonds. The highest BCUT2D eigenvalue weighted by molar-refractivity contribution is 5.52. The molecule has 1 rings (SSSR count). The molecule has 2 nitrogen and oxygen atoms in total. The third-order valence-electron chi connectivity index (χ3n) is 2.98. The maximum atomic E-state index is 5.60. The first-order valence-electron chi connectivity index (χ1n) is 7.01. The van der Waals surface area contributed by atoms with Crippen LogP contribution < -0.4 is 5.32 Å². The zero-order chi connectivity index (χ0) is 13.4. The van der Waals surface area contributed by atoms with Crippen molar-refractivity contribution in [3.8, 4) is 0 Å². The number of nitrogens with one attached hydrogen (secondary N) is 1. The number of hydrogen-bond donors (Lipinski definition) is 1. The lowest BCUT2D eigenvalue weighted by Crippen LogP contribution is -2.12. The van der Waals surface area contributed by atoms with Gasteiger partial charge in [0, 0.05) is 18.8 Å². The van der Waals surface area contributed by atoms with Crippen LogP contribution >= 0.6 is 0 Å². The molecule has 0 aliphatic carbocycles. The zero-order valence-corrected chi connectivity index (χ0v) is 12.2. The summed E-state index contributed by atoms with van der Waals surface area (Å²) >= 11 is 0. The Morgan fingerprint density at radius 1 is 1.06 bits per heavy atom. The van der Waals surface area contributed by atoms with Gasteiger partial charge in [0.1, 0.15) is 0 Å². The van der Waals surface area contributed by atoms with E-state index in [1.165, 1.54) is 11.3 Å². The molecule has 0 atom stereocenters. The van der Waals surface area contributed by atoms with Crippen LogP contribution in [-0.4, -0.2) is 19.8 Å². The number of benzene rings is 1. The Labute approximate surface area is 112 Å². The van der Waals surface area contributed by atoms with Gasteiger partial charge in [0.15, 0.2) is 0 Å². The molecular weight excluding hydrogens is 222 g/mol. The van der Waals surface area contributed by atoms with Crippen LogP contribution in [0.1, 0.15) is 45.6 Å². The van der Waals surface area contributed by atoms with Gasteiger partial charge in [0.25, 0.3) is 0 Å². The van der Waals surface area contributed by atoms with E-state index < -0.39 is 0 Å². The fourth-order valence-electron chi connectivity index (χ4n) is 1.84. The van der Waals surface area contributed by atoms with E-state index in [1.807, 2.05) is 0 Å². The number of para-hydroxylation sites is 1. The third-order valence-corrected chi connectivity index (χ3v) is 2.98. The van der Waals surface area contributed by atoms with E-state index in [2.05, 4.69) is 57.3 Å². The van der Waals surface area contributed by atoms with Crippen LogP contribution in [0.15, 0.2) is 24.3 Å². The molecule has 2 heteroatoms. The molecule has 0 unspecified atom stereocenters. The monoisotopic (exact) mass is 249 g/mol. The minimum Gasteiger partial charge on any atom is -0.382 e. The summed E-state index contributed by atoms with van der Waals surface area (Å²) in [4.78, 5) is 0. The van der Waals surface area contributed by atoms with E-state index in [1.54, 1.807) is 0 Å². The van der Waals surface area contributed by atoms with Gasteiger partial charge in [-0.2, -0.15) is 0 Å². The number of anilines is 1. The molecule has 0 aliphatic rings. The molecule has 0 fully saturated rings. The van der Waals surface area contributed by atoms with E-state index in [-0.39, 0.29) is 0 Å². The van der Waals surface area contributed by atoms with Crippen molar-refractivity contribution in [2.45, 2.75) is 40.0 Å². The molecular formula is C16H27NO. The molecule has 0 aliphatic heterocycles. The summed E-state index contributed by atoms with van der Waals surface area (Å²) in [5, 5.41) is 3.46. The summed E-state index contributed by atoms with van der Waals surface area (Å²) in [5.74, 6) is 1.27. The minimum atomic E-state index is 0.551. The summed E-state index contributed by atoms with van der Waals surface area (Å²) in [6.45, 7) is 11.4. The Bertz CT molecular complexity index is 334. The van der Waals surface area contributed by atoms with Gasteiger partial charge >= 0.3 is 0 Å². The maximum Gasteiger partial charge on any atom is 0.0639 e. The van der Waals surface area contributed by atoms with Crippen molar-refractivity contribution >= 4 is 5.69 Å². The maximum absolute atomic E-state index is 5.60. The van der Waals surface area contributed by atoms with Crippen molar-refractivity contribution in [1.82, 2.24) is 0 Å². The van der Waals surface area contributed by atoms with Crippen LogP contribution in [-0.2, 0) is 4.74 Å². The van der Waals surface area contributed by atoms with Gasteiger partial charge in [-0.3, -0.25) is 0 Å². The molecule has 0 bridgehead atoms. The summed E-state index contributed by atoms with van der Waals surface area (Å²) in [6.07, 6.45) is 1.14. The van der Waals surface area contributed by atoms with Crippen LogP contribution in [0.25, 0.3) is 0 Å². The Morgan fingerprint density at radius 3 is 2.44 bits per heavy atom. The third kappa shape index (κ3) is 5.54. The Kier molecular flexibility index (Phi) is 6.81. The summed E-state index contributed by atoms with van der Waals surface area (Å²) in [6, 6.07) is 8.50. The van der Waals surface area contributed by atoms with Crippen LogP contribution in [0.3, 0.4) is 0 Å². The van der Waals surface area contributed by atoms with Gasteiger partial charge in [0.2, 0.25) is 0 Å². The quantitative estimate of drug-likeness (QED) is 0.694. The second-order valence-electron chi connectivity index (χ2n) is 5.46. The fourth-order valence-corrected chi connectivity index (χ4v) is 1.84. The molecule has 1 aromatic carbocycles. The molecule has 0 saturated carbocycles. The highest BCUT2D eigenvalue weighted by Gasteiger charge is 2.04. The first-order chi connectivity index (χ1) is 8.61. The van der Waals surface area contributed by atoms with Crippen molar-refractivity contribution in [3.63, 3.8) is 0 Å². The second kappa shape index (κ2) is 8.15. The van der Waals surface area contributed by atoms with Gasteiger partial charge in [-0.05, 0) is 29.9 Å². The SMILES string of the molecule is CC(C)CCOCCNc1ccccc1C(C)C. The first-order valence-corrected chi connectivity index (χ1v) is 7.01. The van der Waals surface area contributed by atoms with Crippen LogP contribution in [0.2, 0.25) is 0 Å². The topological polar surface area (TPSA) is 21.3 Å². The van der Waals surface area contributed by atoms with E-state index >= 15 is 0 Å². The van der Waals surface area contributed by atoms with Gasteiger partial charge < -0.3 is 10.1 Å². The normalized spacial score (nSPS) is 11.2. The second-order valence-corrected chi connectivity index (χ2v) is 5.46. The van der Waals surface area contributed by atoms with Crippen molar-refractivity contribution in [3.05, 3.63) is 29.8 Å². The van der Waals surface area contributed by atoms with Crippen LogP contribution in [0, 0.1) is 5.92 Å². The van der Waals surface area contributed by atoms with Gasteiger partial charge in [-0.25, -0.2) is 0 Å². The summed E-state index contributed by atoms with van der Waals surface area (Å²) in [7, 11) is 0. The van der Waals surface area contributed by atoms with Crippen LogP contribution in [0.4, 0.5) is 5.69 Å². The van der Waals surface area contributed by atoms with Crippen LogP contribution in [0.5, 0.6) is 0 Å². The molecule has 0 spiro atoms. The molecule has 1 aromatic rings. The summed E-state index contributed by atoms with van der Waals surface area (Å²) < 4.78 is 5.60. The highest BCUT2D eigenvalue weighted by Crippen LogP contribution is 2.23. The lowest BCUT2D eigenvalue weighted by atomic mass is 10.0. The highest BCUT2D eigenvalue weighted by atomic mass is 16.5. The van der Waals surface area contributed by atoms with Gasteiger partial charge in [0.05, 0.1) is 6.61 Å². The van der Waals surface area contributed by atoms with E-state index in [0.29, 0.717) is 5.92 Å². The fraction of sp³-hybridized carbons (Fsp3) is 0.625. The molecule has 102 valence electrons. The Hall–Kier alpha value is -1.02. The van der Waals surface area contributed by atoms with E-state index in [4.69, 9.17) is 4.74 Å². The predicted octanol–water partition coefficient (Wildman–Crippen LogP) is 4.28. The number of rotatable bonds is 8. The Morgan fingerprint density at radius 2 is 1.78 bits per heavy atom. The van der Waals surface area contributed by atoms with Crippen molar-refractivity contribution < 1.29 is 4.74 Å². The number of hydrogen-bond acceptors (Lipinski definition) is 2. The molecule has 0 heterocycles. The largest absolute Gasteiger partial charge is 0.382 e. The van der Waals surface area contributed by atoms with Crippen molar-refractivity contribution in [1.29, 1.82) is 0 Å². The zero-order valence-electron chi connectivity index (χ0n) is 12.2. The number of ether oxygens (including phenoxy) is 1. The molecule has 0 aromatic heterocycles.